The van der Waals surface area contributed by atoms with Crippen molar-refractivity contribution < 1.29 is 28.7 Å². The summed E-state index contributed by atoms with van der Waals surface area (Å²) in [5.41, 5.74) is 0.0656. The Morgan fingerprint density at radius 2 is 1.82 bits per heavy atom. The third-order valence-electron chi connectivity index (χ3n) is 5.94. The summed E-state index contributed by atoms with van der Waals surface area (Å²) in [5, 5.41) is 22.1. The molecule has 1 unspecified atom stereocenters. The highest BCUT2D eigenvalue weighted by Crippen LogP contribution is 2.40. The number of likely N-dealkylation sites (N-methyl/N-ethyl adjacent to an activating group) is 1. The summed E-state index contributed by atoms with van der Waals surface area (Å²) in [4.78, 5) is 39.9. The van der Waals surface area contributed by atoms with Crippen molar-refractivity contribution in [3.05, 3.63) is 75.1 Å². The molecule has 0 saturated carbocycles. The first kappa shape index (κ1) is 24.8. The van der Waals surface area contributed by atoms with Crippen LogP contribution in [-0.4, -0.2) is 64.8 Å². The van der Waals surface area contributed by atoms with Crippen LogP contribution >= 0.6 is 0 Å². The zero-order chi connectivity index (χ0) is 25.0. The summed E-state index contributed by atoms with van der Waals surface area (Å²) >= 11 is 0. The van der Waals surface area contributed by atoms with Crippen LogP contribution < -0.4 is 4.74 Å². The molecular formula is C24H26FN3O6. The fourth-order valence-electron chi connectivity index (χ4n) is 3.99. The largest absolute Gasteiger partial charge is 0.507 e. The van der Waals surface area contributed by atoms with Crippen LogP contribution in [0.25, 0.3) is 5.76 Å². The van der Waals surface area contributed by atoms with E-state index in [4.69, 9.17) is 4.74 Å². The van der Waals surface area contributed by atoms with E-state index < -0.39 is 34.2 Å². The minimum atomic E-state index is -0.985. The number of likely N-dealkylation sites (tertiary alicyclic amines) is 1. The van der Waals surface area contributed by atoms with Gasteiger partial charge in [-0.3, -0.25) is 19.7 Å². The second-order valence-electron chi connectivity index (χ2n) is 7.72. The molecule has 3 rings (SSSR count). The number of aliphatic hydroxyl groups is 1. The molecule has 1 N–H and O–H groups in total. The number of carbonyl (C=O) groups is 2. The van der Waals surface area contributed by atoms with Crippen molar-refractivity contribution in [2.24, 2.45) is 0 Å². The standard InChI is InChI=1S/C24H26FN3O6/c1-4-26(5-2)12-13-27-21(15-6-9-17(10-7-15)28(32)33)20(23(30)24(27)31)22(29)16-8-11-19(34-3)18(25)14-16/h6-11,14,21,29H,4-5,12-13H2,1-3H3. The van der Waals surface area contributed by atoms with E-state index in [1.807, 2.05) is 13.8 Å². The number of nitro groups is 1. The Labute approximate surface area is 196 Å². The van der Waals surface area contributed by atoms with Gasteiger partial charge in [0.1, 0.15) is 5.76 Å². The van der Waals surface area contributed by atoms with Crippen molar-refractivity contribution in [3.8, 4) is 5.75 Å². The molecule has 1 amide bonds. The van der Waals surface area contributed by atoms with E-state index in [9.17, 15) is 29.2 Å². The number of amides is 1. The lowest BCUT2D eigenvalue weighted by molar-refractivity contribution is -0.384. The monoisotopic (exact) mass is 471 g/mol. The number of aliphatic hydroxyl groups excluding tert-OH is 1. The zero-order valence-corrected chi connectivity index (χ0v) is 19.2. The van der Waals surface area contributed by atoms with Gasteiger partial charge in [-0.25, -0.2) is 4.39 Å². The number of Topliss-reactive ketones (excluding diaryl/α,β-unsaturated/α-hetero) is 1. The molecule has 1 saturated heterocycles. The summed E-state index contributed by atoms with van der Waals surface area (Å²) in [6.45, 7) is 6.12. The maximum Gasteiger partial charge on any atom is 0.295 e. The predicted molar refractivity (Wildman–Crippen MR) is 123 cm³/mol. The molecule has 0 aliphatic carbocycles. The molecule has 34 heavy (non-hydrogen) atoms. The van der Waals surface area contributed by atoms with Crippen LogP contribution in [0.2, 0.25) is 0 Å². The van der Waals surface area contributed by atoms with Crippen LogP contribution in [0, 0.1) is 15.9 Å². The van der Waals surface area contributed by atoms with Gasteiger partial charge < -0.3 is 19.6 Å². The first-order chi connectivity index (χ1) is 16.2. The van der Waals surface area contributed by atoms with Crippen molar-refractivity contribution in [2.45, 2.75) is 19.9 Å². The van der Waals surface area contributed by atoms with Gasteiger partial charge in [0.2, 0.25) is 0 Å². The van der Waals surface area contributed by atoms with Gasteiger partial charge in [-0.05, 0) is 49.0 Å². The topological polar surface area (TPSA) is 113 Å². The molecule has 9 nitrogen and oxygen atoms in total. The second-order valence-corrected chi connectivity index (χ2v) is 7.72. The maximum atomic E-state index is 14.3. The first-order valence-electron chi connectivity index (χ1n) is 10.8. The van der Waals surface area contributed by atoms with Crippen LogP contribution in [0.15, 0.2) is 48.0 Å². The average molecular weight is 471 g/mol. The molecule has 1 aliphatic rings. The molecule has 0 bridgehead atoms. The van der Waals surface area contributed by atoms with E-state index in [2.05, 4.69) is 4.90 Å². The minimum absolute atomic E-state index is 0.00644. The summed E-state index contributed by atoms with van der Waals surface area (Å²) in [6.07, 6.45) is 0. The van der Waals surface area contributed by atoms with Gasteiger partial charge in [-0.1, -0.05) is 13.8 Å². The quantitative estimate of drug-likeness (QED) is 0.196. The van der Waals surface area contributed by atoms with Gasteiger partial charge in [-0.2, -0.15) is 0 Å². The maximum absolute atomic E-state index is 14.3. The van der Waals surface area contributed by atoms with Gasteiger partial charge in [0.15, 0.2) is 11.6 Å². The van der Waals surface area contributed by atoms with Crippen LogP contribution in [0.3, 0.4) is 0 Å². The number of rotatable bonds is 9. The second kappa shape index (κ2) is 10.4. The van der Waals surface area contributed by atoms with E-state index in [0.717, 1.165) is 19.2 Å². The number of carbonyl (C=O) groups excluding carboxylic acids is 2. The lowest BCUT2D eigenvalue weighted by Crippen LogP contribution is -2.38. The van der Waals surface area contributed by atoms with E-state index in [1.165, 1.54) is 48.4 Å². The highest BCUT2D eigenvalue weighted by molar-refractivity contribution is 6.46. The SMILES string of the molecule is CCN(CC)CCN1C(=O)C(=O)C(=C(O)c2ccc(OC)c(F)c2)C1c1ccc([N+](=O)[O-])cc1. The molecule has 1 heterocycles. The Morgan fingerprint density at radius 3 is 2.35 bits per heavy atom. The normalized spacial score (nSPS) is 17.4. The lowest BCUT2D eigenvalue weighted by atomic mass is 9.95. The minimum Gasteiger partial charge on any atom is -0.507 e. The third kappa shape index (κ3) is 4.76. The van der Waals surface area contributed by atoms with Gasteiger partial charge in [0.25, 0.3) is 17.4 Å². The number of benzene rings is 2. The number of nitro benzene ring substituents is 1. The fourth-order valence-corrected chi connectivity index (χ4v) is 3.99. The summed E-state index contributed by atoms with van der Waals surface area (Å²) in [7, 11) is 1.30. The third-order valence-corrected chi connectivity index (χ3v) is 5.94. The molecule has 0 radical (unpaired) electrons. The first-order valence-corrected chi connectivity index (χ1v) is 10.8. The van der Waals surface area contributed by atoms with Crippen molar-refractivity contribution >= 4 is 23.1 Å². The van der Waals surface area contributed by atoms with Crippen LogP contribution in [0.4, 0.5) is 10.1 Å². The van der Waals surface area contributed by atoms with Gasteiger partial charge in [0, 0.05) is 30.8 Å². The Kier molecular flexibility index (Phi) is 7.62. The molecule has 0 aromatic heterocycles. The lowest BCUT2D eigenvalue weighted by Gasteiger charge is -2.28. The molecule has 1 atom stereocenters. The van der Waals surface area contributed by atoms with Crippen molar-refractivity contribution in [3.63, 3.8) is 0 Å². The molecule has 10 heteroatoms. The van der Waals surface area contributed by atoms with Crippen molar-refractivity contribution in [2.75, 3.05) is 33.3 Å². The Balaban J connectivity index is 2.12. The van der Waals surface area contributed by atoms with Crippen LogP contribution in [0.5, 0.6) is 5.75 Å². The number of hydrogen-bond acceptors (Lipinski definition) is 7. The highest BCUT2D eigenvalue weighted by Gasteiger charge is 2.46. The number of nitrogens with zero attached hydrogens (tertiary/aromatic N) is 3. The smallest absolute Gasteiger partial charge is 0.295 e. The summed E-state index contributed by atoms with van der Waals surface area (Å²) in [5.74, 6) is -3.02. The molecular weight excluding hydrogens is 445 g/mol. The van der Waals surface area contributed by atoms with Crippen LogP contribution in [0.1, 0.15) is 31.0 Å². The Morgan fingerprint density at radius 1 is 1.18 bits per heavy atom. The van der Waals surface area contributed by atoms with E-state index >= 15 is 0 Å². The summed E-state index contributed by atoms with van der Waals surface area (Å²) in [6, 6.07) is 8.16. The van der Waals surface area contributed by atoms with Crippen molar-refractivity contribution in [1.82, 2.24) is 9.80 Å². The molecule has 2 aromatic carbocycles. The average Bonchev–Trinajstić information content (AvgIpc) is 3.09. The van der Waals surface area contributed by atoms with Crippen molar-refractivity contribution in [1.29, 1.82) is 0 Å². The van der Waals surface area contributed by atoms with E-state index in [1.54, 1.807) is 0 Å². The number of ether oxygens (including phenoxy) is 1. The summed E-state index contributed by atoms with van der Waals surface area (Å²) < 4.78 is 19.2. The Hall–Kier alpha value is -3.79. The van der Waals surface area contributed by atoms with E-state index in [0.29, 0.717) is 12.1 Å². The number of methoxy groups -OCH3 is 1. The number of non-ortho nitro benzene ring substituents is 1. The Bertz CT molecular complexity index is 1130. The predicted octanol–water partition coefficient (Wildman–Crippen LogP) is 3.51. The fraction of sp³-hybridized carbons (Fsp3) is 0.333. The molecule has 1 fully saturated rings. The molecule has 0 spiro atoms. The number of halogens is 1. The molecule has 180 valence electrons. The molecule has 1 aliphatic heterocycles. The van der Waals surface area contributed by atoms with Gasteiger partial charge in [-0.15, -0.1) is 0 Å². The highest BCUT2D eigenvalue weighted by atomic mass is 19.1. The number of hydrogen-bond donors (Lipinski definition) is 1. The van der Waals surface area contributed by atoms with Gasteiger partial charge >= 0.3 is 0 Å². The van der Waals surface area contributed by atoms with E-state index in [-0.39, 0.29) is 29.1 Å². The zero-order valence-electron chi connectivity index (χ0n) is 19.2. The molecule has 2 aromatic rings. The van der Waals surface area contributed by atoms with Crippen LogP contribution in [-0.2, 0) is 9.59 Å². The van der Waals surface area contributed by atoms with Gasteiger partial charge in [0.05, 0.1) is 23.6 Å². The number of ketones is 1.